The number of carbonyl (C=O) groups excluding carboxylic acids is 1. The molecule has 1 aromatic heterocycles. The summed E-state index contributed by atoms with van der Waals surface area (Å²) in [6.07, 6.45) is 0.947. The van der Waals surface area contributed by atoms with Gasteiger partial charge in [-0.05, 0) is 42.3 Å². The molecule has 0 saturated carbocycles. The van der Waals surface area contributed by atoms with Gasteiger partial charge < -0.3 is 14.8 Å². The van der Waals surface area contributed by atoms with Crippen LogP contribution in [0.5, 0.6) is 11.5 Å². The number of aryl methyl sites for hydroxylation is 1. The van der Waals surface area contributed by atoms with Crippen LogP contribution in [0.15, 0.2) is 47.8 Å². The molecule has 3 aromatic rings. The van der Waals surface area contributed by atoms with Gasteiger partial charge in [0.2, 0.25) is 5.91 Å². The third-order valence-electron chi connectivity index (χ3n) is 4.15. The second kappa shape index (κ2) is 9.02. The van der Waals surface area contributed by atoms with Crippen molar-refractivity contribution in [3.8, 4) is 28.8 Å². The molecule has 0 fully saturated rings. The Morgan fingerprint density at radius 1 is 1.14 bits per heavy atom. The Bertz CT molecular complexity index is 1010. The summed E-state index contributed by atoms with van der Waals surface area (Å²) in [6.45, 7) is 0. The molecule has 7 heteroatoms. The van der Waals surface area contributed by atoms with Crippen LogP contribution in [0.1, 0.15) is 17.5 Å². The molecule has 6 nitrogen and oxygen atoms in total. The number of carbonyl (C=O) groups is 1. The third kappa shape index (κ3) is 4.67. The van der Waals surface area contributed by atoms with Crippen molar-refractivity contribution in [2.75, 3.05) is 19.5 Å². The number of anilines is 1. The molecule has 0 unspecified atom stereocenters. The van der Waals surface area contributed by atoms with Crippen LogP contribution in [0.4, 0.5) is 5.13 Å². The number of benzene rings is 2. The van der Waals surface area contributed by atoms with E-state index in [0.29, 0.717) is 35.0 Å². The lowest BCUT2D eigenvalue weighted by Crippen LogP contribution is -2.12. The second-order valence-corrected chi connectivity index (χ2v) is 6.82. The van der Waals surface area contributed by atoms with Crippen LogP contribution in [0.25, 0.3) is 11.3 Å². The van der Waals surface area contributed by atoms with E-state index in [4.69, 9.17) is 14.7 Å². The highest BCUT2D eigenvalue weighted by Crippen LogP contribution is 2.33. The fourth-order valence-corrected chi connectivity index (χ4v) is 3.38. The Balaban J connectivity index is 1.60. The molecule has 0 aliphatic rings. The highest BCUT2D eigenvalue weighted by atomic mass is 32.1. The lowest BCUT2D eigenvalue weighted by atomic mass is 10.1. The molecule has 0 saturated heterocycles. The number of amides is 1. The van der Waals surface area contributed by atoms with Gasteiger partial charge in [-0.25, -0.2) is 4.98 Å². The highest BCUT2D eigenvalue weighted by molar-refractivity contribution is 7.14. The second-order valence-electron chi connectivity index (χ2n) is 5.96. The molecule has 0 bridgehead atoms. The number of aromatic nitrogens is 1. The Morgan fingerprint density at radius 2 is 1.89 bits per heavy atom. The van der Waals surface area contributed by atoms with Gasteiger partial charge in [-0.2, -0.15) is 5.26 Å². The molecule has 142 valence electrons. The topological polar surface area (TPSA) is 84.2 Å². The first-order valence-electron chi connectivity index (χ1n) is 8.59. The van der Waals surface area contributed by atoms with Crippen molar-refractivity contribution in [1.82, 2.24) is 4.98 Å². The molecule has 0 spiro atoms. The summed E-state index contributed by atoms with van der Waals surface area (Å²) in [5, 5.41) is 14.1. The maximum Gasteiger partial charge on any atom is 0.226 e. The Kier molecular flexibility index (Phi) is 6.25. The Hall–Kier alpha value is -3.37. The van der Waals surface area contributed by atoms with Crippen LogP contribution in [0.3, 0.4) is 0 Å². The van der Waals surface area contributed by atoms with Crippen molar-refractivity contribution in [3.05, 3.63) is 59.0 Å². The first kappa shape index (κ1) is 19.4. The van der Waals surface area contributed by atoms with E-state index in [0.717, 1.165) is 16.8 Å². The van der Waals surface area contributed by atoms with Crippen LogP contribution in [0.2, 0.25) is 0 Å². The molecule has 0 radical (unpaired) electrons. The quantitative estimate of drug-likeness (QED) is 0.648. The van der Waals surface area contributed by atoms with Crippen LogP contribution in [-0.4, -0.2) is 25.1 Å². The van der Waals surface area contributed by atoms with Crippen molar-refractivity contribution >= 4 is 22.4 Å². The molecule has 1 amide bonds. The van der Waals surface area contributed by atoms with Crippen LogP contribution >= 0.6 is 11.3 Å². The molecule has 0 aliphatic heterocycles. The Labute approximate surface area is 167 Å². The van der Waals surface area contributed by atoms with Gasteiger partial charge in [0.1, 0.15) is 0 Å². The largest absolute Gasteiger partial charge is 0.493 e. The highest BCUT2D eigenvalue weighted by Gasteiger charge is 2.11. The molecule has 0 atom stereocenters. The number of nitrogens with zero attached hydrogens (tertiary/aromatic N) is 2. The number of hydrogen-bond donors (Lipinski definition) is 1. The molecule has 2 aromatic carbocycles. The molecular weight excluding hydrogens is 374 g/mol. The summed E-state index contributed by atoms with van der Waals surface area (Å²) < 4.78 is 10.6. The SMILES string of the molecule is COc1ccc(-c2csc(NC(=O)CCc3ccc(C#N)cc3)n2)cc1OC. The minimum absolute atomic E-state index is 0.0995. The summed E-state index contributed by atoms with van der Waals surface area (Å²) in [7, 11) is 3.17. The minimum atomic E-state index is -0.0995. The van der Waals surface area contributed by atoms with Crippen LogP contribution < -0.4 is 14.8 Å². The summed E-state index contributed by atoms with van der Waals surface area (Å²) in [6, 6.07) is 14.9. The van der Waals surface area contributed by atoms with Gasteiger partial charge in [-0.3, -0.25) is 4.79 Å². The maximum absolute atomic E-state index is 12.2. The van der Waals surface area contributed by atoms with Crippen LogP contribution in [0, 0.1) is 11.3 Å². The van der Waals surface area contributed by atoms with E-state index in [1.807, 2.05) is 35.7 Å². The van der Waals surface area contributed by atoms with Crippen LogP contribution in [-0.2, 0) is 11.2 Å². The maximum atomic E-state index is 12.2. The number of thiazole rings is 1. The van der Waals surface area contributed by atoms with E-state index in [1.165, 1.54) is 11.3 Å². The average Bonchev–Trinajstić information content (AvgIpc) is 3.20. The lowest BCUT2D eigenvalue weighted by Gasteiger charge is -2.08. The number of hydrogen-bond acceptors (Lipinski definition) is 6. The predicted octanol–water partition coefficient (Wildman–Crippen LogP) is 4.27. The van der Waals surface area contributed by atoms with Gasteiger partial charge in [0, 0.05) is 17.4 Å². The predicted molar refractivity (Wildman–Crippen MR) is 109 cm³/mol. The summed E-state index contributed by atoms with van der Waals surface area (Å²) >= 11 is 1.37. The zero-order valence-corrected chi connectivity index (χ0v) is 16.4. The number of rotatable bonds is 7. The minimum Gasteiger partial charge on any atom is -0.493 e. The van der Waals surface area contributed by atoms with Crippen molar-refractivity contribution < 1.29 is 14.3 Å². The molecule has 3 rings (SSSR count). The normalized spacial score (nSPS) is 10.2. The lowest BCUT2D eigenvalue weighted by molar-refractivity contribution is -0.116. The van der Waals surface area contributed by atoms with Gasteiger partial charge in [0.25, 0.3) is 0 Å². The third-order valence-corrected chi connectivity index (χ3v) is 4.91. The Morgan fingerprint density at radius 3 is 2.57 bits per heavy atom. The molecule has 0 aliphatic carbocycles. The van der Waals surface area contributed by atoms with Gasteiger partial charge >= 0.3 is 0 Å². The zero-order chi connectivity index (χ0) is 19.9. The summed E-state index contributed by atoms with van der Waals surface area (Å²) in [5.74, 6) is 1.18. The fraction of sp³-hybridized carbons (Fsp3) is 0.190. The van der Waals surface area contributed by atoms with E-state index in [2.05, 4.69) is 16.4 Å². The van der Waals surface area contributed by atoms with Crippen molar-refractivity contribution in [1.29, 1.82) is 5.26 Å². The van der Waals surface area contributed by atoms with E-state index in [1.54, 1.807) is 26.4 Å². The molecule has 1 heterocycles. The zero-order valence-electron chi connectivity index (χ0n) is 15.6. The van der Waals surface area contributed by atoms with Gasteiger partial charge in [-0.1, -0.05) is 12.1 Å². The first-order chi connectivity index (χ1) is 13.6. The first-order valence-corrected chi connectivity index (χ1v) is 9.47. The summed E-state index contributed by atoms with van der Waals surface area (Å²) in [4.78, 5) is 16.7. The smallest absolute Gasteiger partial charge is 0.226 e. The number of methoxy groups -OCH3 is 2. The molecule has 1 N–H and O–H groups in total. The van der Waals surface area contributed by atoms with Crippen molar-refractivity contribution in [2.45, 2.75) is 12.8 Å². The number of nitriles is 1. The average molecular weight is 393 g/mol. The van der Waals surface area contributed by atoms with Gasteiger partial charge in [0.05, 0.1) is 31.5 Å². The van der Waals surface area contributed by atoms with Crippen molar-refractivity contribution in [3.63, 3.8) is 0 Å². The monoisotopic (exact) mass is 393 g/mol. The van der Waals surface area contributed by atoms with E-state index < -0.39 is 0 Å². The van der Waals surface area contributed by atoms with E-state index in [9.17, 15) is 4.79 Å². The van der Waals surface area contributed by atoms with Gasteiger partial charge in [-0.15, -0.1) is 11.3 Å². The van der Waals surface area contributed by atoms with Crippen molar-refractivity contribution in [2.24, 2.45) is 0 Å². The number of ether oxygens (including phenoxy) is 2. The summed E-state index contributed by atoms with van der Waals surface area (Å²) in [5.41, 5.74) is 3.26. The van der Waals surface area contributed by atoms with E-state index in [-0.39, 0.29) is 5.91 Å². The van der Waals surface area contributed by atoms with E-state index >= 15 is 0 Å². The standard InChI is InChI=1S/C21H19N3O3S/c1-26-18-9-8-16(11-19(18)27-2)17-13-28-21(23-17)24-20(25)10-7-14-3-5-15(12-22)6-4-14/h3-6,8-9,11,13H,7,10H2,1-2H3,(H,23,24,25). The fourth-order valence-electron chi connectivity index (χ4n) is 2.64. The molecular formula is C21H19N3O3S. The number of nitrogens with one attached hydrogen (secondary N) is 1. The molecule has 28 heavy (non-hydrogen) atoms. The van der Waals surface area contributed by atoms with Gasteiger partial charge in [0.15, 0.2) is 16.6 Å².